The number of halogens is 9. The highest BCUT2D eigenvalue weighted by Crippen LogP contribution is 2.38. The first-order chi connectivity index (χ1) is 21.7. The molecule has 3 aromatic rings. The van der Waals surface area contributed by atoms with Gasteiger partial charge in [-0.15, -0.1) is 4.41 Å². The van der Waals surface area contributed by atoms with Crippen LogP contribution < -0.4 is 10.5 Å². The predicted octanol–water partition coefficient (Wildman–Crippen LogP) is 6.11. The van der Waals surface area contributed by atoms with Gasteiger partial charge in [0.1, 0.15) is 0 Å². The molecule has 1 fully saturated rings. The molecule has 8 nitrogen and oxygen atoms in total. The second-order valence-electron chi connectivity index (χ2n) is 10.6. The van der Waals surface area contributed by atoms with Gasteiger partial charge in [0.15, 0.2) is 0 Å². The van der Waals surface area contributed by atoms with Crippen molar-refractivity contribution in [2.24, 2.45) is 5.73 Å². The summed E-state index contributed by atoms with van der Waals surface area (Å²) in [5, 5.41) is 1.21. The van der Waals surface area contributed by atoms with Crippen LogP contribution in [0.2, 0.25) is 0 Å². The van der Waals surface area contributed by atoms with E-state index in [4.69, 9.17) is 5.73 Å². The third kappa shape index (κ3) is 8.61. The van der Waals surface area contributed by atoms with E-state index in [-0.39, 0.29) is 55.3 Å². The number of nitrogens with zero attached hydrogens (tertiary/aromatic N) is 2. The number of amides is 2. The molecule has 18 heteroatoms. The van der Waals surface area contributed by atoms with Crippen molar-refractivity contribution in [3.8, 4) is 0 Å². The van der Waals surface area contributed by atoms with Crippen molar-refractivity contribution in [2.45, 2.75) is 43.8 Å². The maximum Gasteiger partial charge on any atom is 0.416 e. The largest absolute Gasteiger partial charge is 0.416 e. The van der Waals surface area contributed by atoms with Gasteiger partial charge in [-0.05, 0) is 66.3 Å². The monoisotopic (exact) mass is 696 g/mol. The number of hydrogen-bond acceptors (Lipinski definition) is 5. The minimum Gasteiger partial charge on any atom is -0.366 e. The fourth-order valence-corrected chi connectivity index (χ4v) is 6.34. The van der Waals surface area contributed by atoms with Crippen LogP contribution in [0.25, 0.3) is 0 Å². The van der Waals surface area contributed by atoms with Crippen LogP contribution in [0.1, 0.15) is 67.3 Å². The van der Waals surface area contributed by atoms with Crippen molar-refractivity contribution in [3.05, 3.63) is 106 Å². The molecule has 0 aromatic heterocycles. The van der Waals surface area contributed by atoms with Gasteiger partial charge in [-0.1, -0.05) is 30.3 Å². The lowest BCUT2D eigenvalue weighted by atomic mass is 9.85. The Morgan fingerprint density at radius 2 is 1.32 bits per heavy atom. The number of primary amides is 1. The topological polar surface area (TPSA) is 113 Å². The molecule has 1 heterocycles. The summed E-state index contributed by atoms with van der Waals surface area (Å²) in [6.45, 7) is -0.772. The number of carbonyl (C=O) groups is 2. The molecule has 1 aliphatic rings. The van der Waals surface area contributed by atoms with Crippen LogP contribution in [0.4, 0.5) is 39.5 Å². The molecule has 0 atom stereocenters. The van der Waals surface area contributed by atoms with Crippen LogP contribution in [0.15, 0.2) is 66.7 Å². The molecule has 3 aromatic carbocycles. The first-order valence-corrected chi connectivity index (χ1v) is 15.0. The molecule has 1 saturated heterocycles. The number of carbonyl (C=O) groups excluding carboxylic acids is 2. The van der Waals surface area contributed by atoms with Crippen molar-refractivity contribution in [1.29, 1.82) is 0 Å². The molecule has 0 radical (unpaired) electrons. The lowest BCUT2D eigenvalue weighted by Crippen LogP contribution is -2.54. The highest BCUT2D eigenvalue weighted by atomic mass is 32.2. The summed E-state index contributed by atoms with van der Waals surface area (Å²) in [6, 6.07) is 10.2. The van der Waals surface area contributed by atoms with Gasteiger partial charge in [-0.25, -0.2) is 9.73 Å². The van der Waals surface area contributed by atoms with E-state index < -0.39 is 75.3 Å². The van der Waals surface area contributed by atoms with E-state index in [0.717, 1.165) is 12.1 Å². The predicted molar refractivity (Wildman–Crippen MR) is 148 cm³/mol. The van der Waals surface area contributed by atoms with Crippen LogP contribution in [-0.2, 0) is 35.3 Å². The molecule has 0 unspecified atom stereocenters. The fraction of sp³-hybridized carbons (Fsp3) is 0.310. The van der Waals surface area contributed by atoms with Crippen molar-refractivity contribution in [1.82, 2.24) is 14.1 Å². The second kappa shape index (κ2) is 13.2. The third-order valence-corrected chi connectivity index (χ3v) is 8.74. The van der Waals surface area contributed by atoms with Gasteiger partial charge >= 0.3 is 28.7 Å². The van der Waals surface area contributed by atoms with Crippen LogP contribution in [-0.4, -0.2) is 42.7 Å². The number of piperidine rings is 1. The maximum absolute atomic E-state index is 13.6. The Hall–Kier alpha value is -4.16. The molecule has 2 amide bonds. The fourth-order valence-electron chi connectivity index (χ4n) is 5.09. The number of benzene rings is 3. The van der Waals surface area contributed by atoms with Crippen molar-refractivity contribution in [2.75, 3.05) is 13.1 Å². The third-order valence-electron chi connectivity index (χ3n) is 7.38. The summed E-state index contributed by atoms with van der Waals surface area (Å²) in [4.78, 5) is 24.9. The molecule has 0 saturated carbocycles. The summed E-state index contributed by atoms with van der Waals surface area (Å²) in [7, 11) is -5.02. The zero-order valence-electron chi connectivity index (χ0n) is 23.9. The smallest absolute Gasteiger partial charge is 0.366 e. The Morgan fingerprint density at radius 1 is 0.787 bits per heavy atom. The lowest BCUT2D eigenvalue weighted by Gasteiger charge is -2.39. The molecule has 254 valence electrons. The van der Waals surface area contributed by atoms with Crippen LogP contribution >= 0.6 is 0 Å². The van der Waals surface area contributed by atoms with Crippen molar-refractivity contribution >= 4 is 22.0 Å². The highest BCUT2D eigenvalue weighted by molar-refractivity contribution is 7.87. The Bertz CT molecular complexity index is 1700. The number of alkyl halides is 9. The first kappa shape index (κ1) is 35.7. The molecule has 3 N–H and O–H groups in total. The van der Waals surface area contributed by atoms with E-state index in [1.165, 1.54) is 21.9 Å². The zero-order chi connectivity index (χ0) is 34.9. The van der Waals surface area contributed by atoms with Gasteiger partial charge in [0.2, 0.25) is 5.91 Å². The average molecular weight is 697 g/mol. The molecule has 0 spiro atoms. The zero-order valence-corrected chi connectivity index (χ0v) is 24.7. The molecule has 47 heavy (non-hydrogen) atoms. The van der Waals surface area contributed by atoms with E-state index in [9.17, 15) is 57.5 Å². The first-order valence-electron chi connectivity index (χ1n) is 13.6. The van der Waals surface area contributed by atoms with Crippen molar-refractivity contribution < 1.29 is 57.5 Å². The maximum atomic E-state index is 13.6. The van der Waals surface area contributed by atoms with E-state index in [1.54, 1.807) is 18.2 Å². The Labute approximate surface area is 262 Å². The summed E-state index contributed by atoms with van der Waals surface area (Å²) < 4.78 is 150. The minimum absolute atomic E-state index is 0.00107. The highest BCUT2D eigenvalue weighted by Gasteiger charge is 2.39. The van der Waals surface area contributed by atoms with Crippen LogP contribution in [0, 0.1) is 0 Å². The van der Waals surface area contributed by atoms with E-state index >= 15 is 0 Å². The van der Waals surface area contributed by atoms with Gasteiger partial charge < -0.3 is 5.73 Å². The van der Waals surface area contributed by atoms with E-state index in [0.29, 0.717) is 16.0 Å². The van der Waals surface area contributed by atoms with Gasteiger partial charge in [-0.3, -0.25) is 9.59 Å². The van der Waals surface area contributed by atoms with Gasteiger partial charge in [-0.2, -0.15) is 47.9 Å². The SMILES string of the molecule is NC(=O)c1ccc(C(F)(F)F)cc1C1CCN(N(Cc2ccccc2)S(=O)(=O)NC(=O)c2cc(C(F)(F)F)cc(C(F)(F)F)c2)CC1. The van der Waals surface area contributed by atoms with Crippen LogP contribution in [0.3, 0.4) is 0 Å². The van der Waals surface area contributed by atoms with Crippen molar-refractivity contribution in [3.63, 3.8) is 0 Å². The van der Waals surface area contributed by atoms with Crippen LogP contribution in [0.5, 0.6) is 0 Å². The molecule has 0 aliphatic carbocycles. The summed E-state index contributed by atoms with van der Waals surface area (Å²) in [5.74, 6) is -3.43. The Morgan fingerprint density at radius 3 is 1.81 bits per heavy atom. The molecule has 4 rings (SSSR count). The standard InChI is InChI=1S/C29H25F9N4O4S/c30-27(31,32)20-6-7-23(25(39)43)24(15-20)18-8-10-41(11-9-18)42(16-17-4-2-1-3-5-17)47(45,46)40-26(44)19-12-21(28(33,34)35)14-22(13-19)29(36,37)38/h1-7,12-15,18H,8-11,16H2,(H2,39,43)(H,40,44). The van der Waals surface area contributed by atoms with E-state index in [1.807, 2.05) is 0 Å². The second-order valence-corrected chi connectivity index (χ2v) is 12.2. The molecular weight excluding hydrogens is 671 g/mol. The number of nitrogens with one attached hydrogen (secondary N) is 1. The summed E-state index contributed by atoms with van der Waals surface area (Å²) >= 11 is 0. The number of rotatable bonds is 8. The normalized spacial score (nSPS) is 15.5. The Kier molecular flexibility index (Phi) is 9.99. The summed E-state index contributed by atoms with van der Waals surface area (Å²) in [5.41, 5.74) is -0.316. The molecule has 1 aliphatic heterocycles. The van der Waals surface area contributed by atoms with Gasteiger partial charge in [0.05, 0.1) is 23.2 Å². The average Bonchev–Trinajstić information content (AvgIpc) is 2.98. The van der Waals surface area contributed by atoms with E-state index in [2.05, 4.69) is 0 Å². The Balaban J connectivity index is 1.64. The summed E-state index contributed by atoms with van der Waals surface area (Å²) in [6.07, 6.45) is -15.3. The van der Waals surface area contributed by atoms with Gasteiger partial charge in [0.25, 0.3) is 5.91 Å². The molecule has 0 bridgehead atoms. The number of hydrazine groups is 1. The quantitative estimate of drug-likeness (QED) is 0.276. The number of hydrogen-bond donors (Lipinski definition) is 2. The minimum atomic E-state index is -5.30. The van der Waals surface area contributed by atoms with Gasteiger partial charge in [0, 0.05) is 24.2 Å². The lowest BCUT2D eigenvalue weighted by molar-refractivity contribution is -0.143. The number of nitrogens with two attached hydrogens (primary N) is 1. The molecular formula is C29H25F9N4O4S.